The second kappa shape index (κ2) is 7.69. The van der Waals surface area contributed by atoms with Crippen LogP contribution >= 0.6 is 11.8 Å². The molecule has 0 aliphatic carbocycles. The van der Waals surface area contributed by atoms with E-state index in [-0.39, 0.29) is 11.2 Å². The number of hydrogen-bond donors (Lipinski definition) is 0. The first kappa shape index (κ1) is 19.4. The van der Waals surface area contributed by atoms with Gasteiger partial charge in [0.1, 0.15) is 0 Å². The molecule has 0 bridgehead atoms. The molecule has 0 atom stereocenters. The zero-order valence-corrected chi connectivity index (χ0v) is 17.3. The van der Waals surface area contributed by atoms with Crippen molar-refractivity contribution in [1.29, 1.82) is 0 Å². The van der Waals surface area contributed by atoms with Crippen LogP contribution in [0.15, 0.2) is 53.7 Å². The topological polar surface area (TPSA) is 47.8 Å². The maximum atomic E-state index is 12.5. The van der Waals surface area contributed by atoms with Crippen molar-refractivity contribution in [3.63, 3.8) is 0 Å². The van der Waals surface area contributed by atoms with Gasteiger partial charge in [0, 0.05) is 18.2 Å². The number of carbonyl (C=O) groups excluding carboxylic acids is 1. The van der Waals surface area contributed by atoms with Gasteiger partial charge in [-0.25, -0.2) is 0 Å². The molecule has 1 heterocycles. The number of ketones is 1. The van der Waals surface area contributed by atoms with E-state index in [4.69, 9.17) is 0 Å². The maximum Gasteiger partial charge on any atom is 0.191 e. The number of aryl methyl sites for hydroxylation is 1. The number of rotatable bonds is 5. The molecule has 27 heavy (non-hydrogen) atoms. The van der Waals surface area contributed by atoms with Crippen LogP contribution in [0.3, 0.4) is 0 Å². The van der Waals surface area contributed by atoms with E-state index < -0.39 is 0 Å². The fourth-order valence-corrected chi connectivity index (χ4v) is 3.57. The van der Waals surface area contributed by atoms with Crippen molar-refractivity contribution in [2.24, 2.45) is 7.05 Å². The molecular formula is C22H25N3OS. The van der Waals surface area contributed by atoms with Gasteiger partial charge in [0.2, 0.25) is 0 Å². The summed E-state index contributed by atoms with van der Waals surface area (Å²) in [4.78, 5) is 12.5. The standard InChI is InChI=1S/C22H25N3OS/c1-15-6-8-17(9-7-15)20-23-24-21(25(20)5)27-14-19(26)16-10-12-18(13-11-16)22(2,3)4/h6-13H,14H2,1-5H3. The van der Waals surface area contributed by atoms with E-state index in [0.717, 1.165) is 22.1 Å². The van der Waals surface area contributed by atoms with Crippen LogP contribution in [0.4, 0.5) is 0 Å². The molecule has 0 aliphatic rings. The summed E-state index contributed by atoms with van der Waals surface area (Å²) in [6.45, 7) is 8.56. The van der Waals surface area contributed by atoms with Gasteiger partial charge in [0.25, 0.3) is 0 Å². The van der Waals surface area contributed by atoms with Crippen molar-refractivity contribution in [1.82, 2.24) is 14.8 Å². The third-order valence-corrected chi connectivity index (χ3v) is 5.57. The highest BCUT2D eigenvalue weighted by atomic mass is 32.2. The van der Waals surface area contributed by atoms with Gasteiger partial charge in [-0.05, 0) is 17.9 Å². The fraction of sp³-hybridized carbons (Fsp3) is 0.318. The lowest BCUT2D eigenvalue weighted by Crippen LogP contribution is -2.11. The summed E-state index contributed by atoms with van der Waals surface area (Å²) in [6.07, 6.45) is 0. The number of thioether (sulfide) groups is 1. The largest absolute Gasteiger partial charge is 0.305 e. The van der Waals surface area contributed by atoms with Gasteiger partial charge < -0.3 is 4.57 Å². The van der Waals surface area contributed by atoms with E-state index in [2.05, 4.69) is 50.0 Å². The van der Waals surface area contributed by atoms with Crippen LogP contribution in [-0.4, -0.2) is 26.3 Å². The van der Waals surface area contributed by atoms with Crippen LogP contribution in [0.5, 0.6) is 0 Å². The van der Waals surface area contributed by atoms with E-state index in [9.17, 15) is 4.79 Å². The Hall–Kier alpha value is -2.40. The Morgan fingerprint density at radius 2 is 1.63 bits per heavy atom. The molecule has 4 nitrogen and oxygen atoms in total. The minimum absolute atomic E-state index is 0.0847. The minimum Gasteiger partial charge on any atom is -0.305 e. The summed E-state index contributed by atoms with van der Waals surface area (Å²) < 4.78 is 1.94. The summed E-state index contributed by atoms with van der Waals surface area (Å²) in [7, 11) is 1.93. The van der Waals surface area contributed by atoms with Crippen LogP contribution in [0.2, 0.25) is 0 Å². The van der Waals surface area contributed by atoms with Gasteiger partial charge in [0.05, 0.1) is 5.75 Å². The fourth-order valence-electron chi connectivity index (χ4n) is 2.76. The van der Waals surface area contributed by atoms with Crippen molar-refractivity contribution in [3.8, 4) is 11.4 Å². The molecule has 2 aromatic carbocycles. The molecule has 0 fully saturated rings. The Balaban J connectivity index is 1.68. The average molecular weight is 380 g/mol. The maximum absolute atomic E-state index is 12.5. The van der Waals surface area contributed by atoms with Gasteiger partial charge in [-0.15, -0.1) is 10.2 Å². The van der Waals surface area contributed by atoms with Crippen molar-refractivity contribution in [2.75, 3.05) is 5.75 Å². The van der Waals surface area contributed by atoms with E-state index in [1.807, 2.05) is 48.0 Å². The molecule has 0 saturated heterocycles. The number of nitrogens with zero attached hydrogens (tertiary/aromatic N) is 3. The van der Waals surface area contributed by atoms with Gasteiger partial charge in [-0.2, -0.15) is 0 Å². The van der Waals surface area contributed by atoms with Crippen molar-refractivity contribution < 1.29 is 4.79 Å². The highest BCUT2D eigenvalue weighted by molar-refractivity contribution is 7.99. The summed E-state index contributed by atoms with van der Waals surface area (Å²) in [5.41, 5.74) is 4.27. The first-order chi connectivity index (χ1) is 12.8. The highest BCUT2D eigenvalue weighted by Crippen LogP contribution is 2.25. The summed E-state index contributed by atoms with van der Waals surface area (Å²) in [6, 6.07) is 16.1. The number of hydrogen-bond acceptors (Lipinski definition) is 4. The third kappa shape index (κ3) is 4.48. The first-order valence-electron chi connectivity index (χ1n) is 8.98. The first-order valence-corrected chi connectivity index (χ1v) is 9.97. The lowest BCUT2D eigenvalue weighted by Gasteiger charge is -2.18. The zero-order chi connectivity index (χ0) is 19.6. The van der Waals surface area contributed by atoms with Crippen molar-refractivity contribution in [3.05, 3.63) is 65.2 Å². The van der Waals surface area contributed by atoms with Gasteiger partial charge >= 0.3 is 0 Å². The van der Waals surface area contributed by atoms with Crippen LogP contribution in [0.1, 0.15) is 42.3 Å². The number of carbonyl (C=O) groups is 1. The molecule has 1 aromatic heterocycles. The number of benzene rings is 2. The minimum atomic E-state index is 0.0847. The van der Waals surface area contributed by atoms with Crippen LogP contribution in [-0.2, 0) is 12.5 Å². The highest BCUT2D eigenvalue weighted by Gasteiger charge is 2.16. The molecule has 3 aromatic rings. The number of Topliss-reactive ketones (excluding diaryl/α,β-unsaturated/α-hetero) is 1. The molecule has 0 aliphatic heterocycles. The Bertz CT molecular complexity index is 935. The van der Waals surface area contributed by atoms with Gasteiger partial charge in [-0.1, -0.05) is 86.6 Å². The van der Waals surface area contributed by atoms with E-state index in [1.54, 1.807) is 0 Å². The second-order valence-electron chi connectivity index (χ2n) is 7.77. The Morgan fingerprint density at radius 1 is 1.00 bits per heavy atom. The molecule has 140 valence electrons. The summed E-state index contributed by atoms with van der Waals surface area (Å²) in [5, 5.41) is 9.28. The van der Waals surface area contributed by atoms with Crippen molar-refractivity contribution in [2.45, 2.75) is 38.3 Å². The second-order valence-corrected chi connectivity index (χ2v) is 8.71. The van der Waals surface area contributed by atoms with Gasteiger partial charge in [-0.3, -0.25) is 4.79 Å². The molecule has 5 heteroatoms. The van der Waals surface area contributed by atoms with E-state index in [1.165, 1.54) is 22.9 Å². The molecule has 0 saturated carbocycles. The predicted octanol–water partition coefficient (Wildman–Crippen LogP) is 5.06. The van der Waals surface area contributed by atoms with Crippen LogP contribution in [0, 0.1) is 6.92 Å². The van der Waals surface area contributed by atoms with E-state index >= 15 is 0 Å². The molecule has 0 spiro atoms. The molecule has 0 unspecified atom stereocenters. The Morgan fingerprint density at radius 3 is 2.22 bits per heavy atom. The molecular weight excluding hydrogens is 354 g/mol. The lowest BCUT2D eigenvalue weighted by molar-refractivity contribution is 0.102. The predicted molar refractivity (Wildman–Crippen MR) is 111 cm³/mol. The van der Waals surface area contributed by atoms with E-state index in [0.29, 0.717) is 5.75 Å². The molecule has 0 N–H and O–H groups in total. The molecule has 0 radical (unpaired) electrons. The smallest absolute Gasteiger partial charge is 0.191 e. The quantitative estimate of drug-likeness (QED) is 0.459. The normalized spacial score (nSPS) is 11.6. The van der Waals surface area contributed by atoms with Crippen LogP contribution < -0.4 is 0 Å². The lowest BCUT2D eigenvalue weighted by atomic mass is 9.86. The average Bonchev–Trinajstić information content (AvgIpc) is 3.00. The van der Waals surface area contributed by atoms with Crippen LogP contribution in [0.25, 0.3) is 11.4 Å². The molecule has 3 rings (SSSR count). The van der Waals surface area contributed by atoms with Gasteiger partial charge in [0.15, 0.2) is 16.8 Å². The monoisotopic (exact) mass is 379 g/mol. The number of aromatic nitrogens is 3. The zero-order valence-electron chi connectivity index (χ0n) is 16.5. The molecule has 0 amide bonds. The van der Waals surface area contributed by atoms with Crippen molar-refractivity contribution >= 4 is 17.5 Å². The summed E-state index contributed by atoms with van der Waals surface area (Å²) >= 11 is 1.42. The summed E-state index contributed by atoms with van der Waals surface area (Å²) in [5.74, 6) is 1.24. The SMILES string of the molecule is Cc1ccc(-c2nnc(SCC(=O)c3ccc(C(C)(C)C)cc3)n2C)cc1. The Labute approximate surface area is 165 Å². The third-order valence-electron chi connectivity index (χ3n) is 4.55. The Kier molecular flexibility index (Phi) is 5.51.